The number of H-pyrrole nitrogens is 1. The number of rotatable bonds is 6. The fourth-order valence-electron chi connectivity index (χ4n) is 2.42. The molecule has 1 unspecified atom stereocenters. The molecule has 3 aromatic rings. The largest absolute Gasteiger partial charge is 0.573 e. The molecule has 2 aromatic heterocycles. The van der Waals surface area contributed by atoms with Crippen LogP contribution in [-0.4, -0.2) is 39.7 Å². The van der Waals surface area contributed by atoms with Gasteiger partial charge in [-0.15, -0.1) is 13.2 Å². The SMILES string of the molecule is COc1ccnc(CS(=O)c2nc3ccc(OC(F)(F)F)cc3[nH]2)c1OC. The minimum Gasteiger partial charge on any atom is -0.493 e. The van der Waals surface area contributed by atoms with Gasteiger partial charge >= 0.3 is 6.36 Å². The number of pyridine rings is 1. The Morgan fingerprint density at radius 2 is 1.96 bits per heavy atom. The number of hydrogen-bond donors (Lipinski definition) is 1. The number of imidazole rings is 1. The Morgan fingerprint density at radius 1 is 1.19 bits per heavy atom. The van der Waals surface area contributed by atoms with Crippen LogP contribution in [0.2, 0.25) is 0 Å². The summed E-state index contributed by atoms with van der Waals surface area (Å²) in [6, 6.07) is 5.23. The lowest BCUT2D eigenvalue weighted by Crippen LogP contribution is -2.16. The van der Waals surface area contributed by atoms with Gasteiger partial charge in [0, 0.05) is 18.3 Å². The number of halogens is 3. The van der Waals surface area contributed by atoms with Crippen molar-refractivity contribution in [2.24, 2.45) is 0 Å². The van der Waals surface area contributed by atoms with Crippen molar-refractivity contribution in [2.45, 2.75) is 17.3 Å². The smallest absolute Gasteiger partial charge is 0.493 e. The molecular formula is C16H14F3N3O4S. The lowest BCUT2D eigenvalue weighted by atomic mass is 10.3. The van der Waals surface area contributed by atoms with Crippen molar-refractivity contribution in [2.75, 3.05) is 14.2 Å². The van der Waals surface area contributed by atoms with Crippen LogP contribution >= 0.6 is 0 Å². The normalized spacial score (nSPS) is 12.8. The van der Waals surface area contributed by atoms with Crippen LogP contribution in [0.4, 0.5) is 13.2 Å². The maximum atomic E-state index is 12.6. The first-order valence-corrected chi connectivity index (χ1v) is 8.82. The third kappa shape index (κ3) is 4.30. The molecule has 0 fully saturated rings. The van der Waals surface area contributed by atoms with E-state index < -0.39 is 22.9 Å². The molecule has 1 aromatic carbocycles. The Hall–Kier alpha value is -2.82. The Kier molecular flexibility index (Phi) is 5.22. The van der Waals surface area contributed by atoms with Gasteiger partial charge in [-0.25, -0.2) is 4.98 Å². The molecule has 1 atom stereocenters. The summed E-state index contributed by atoms with van der Waals surface area (Å²) in [4.78, 5) is 11.0. The Balaban J connectivity index is 1.86. The third-order valence-corrected chi connectivity index (χ3v) is 4.68. The zero-order valence-electron chi connectivity index (χ0n) is 14.2. The summed E-state index contributed by atoms with van der Waals surface area (Å²) in [5, 5.41) is 0.0980. The predicted octanol–water partition coefficient (Wildman–Crippen LogP) is 3.18. The van der Waals surface area contributed by atoms with Gasteiger partial charge < -0.3 is 19.2 Å². The van der Waals surface area contributed by atoms with Gasteiger partial charge in [0.1, 0.15) is 5.75 Å². The van der Waals surface area contributed by atoms with Crippen LogP contribution < -0.4 is 14.2 Å². The first-order valence-electron chi connectivity index (χ1n) is 7.50. The molecule has 0 amide bonds. The number of nitrogens with one attached hydrogen (secondary N) is 1. The van der Waals surface area contributed by atoms with Crippen molar-refractivity contribution in [1.29, 1.82) is 0 Å². The van der Waals surface area contributed by atoms with Crippen LogP contribution in [0, 0.1) is 0 Å². The molecule has 7 nitrogen and oxygen atoms in total. The lowest BCUT2D eigenvalue weighted by molar-refractivity contribution is -0.274. The topological polar surface area (TPSA) is 86.3 Å². The summed E-state index contributed by atoms with van der Waals surface area (Å²) in [5.41, 5.74) is 1.03. The van der Waals surface area contributed by atoms with Gasteiger partial charge in [0.25, 0.3) is 0 Å². The van der Waals surface area contributed by atoms with E-state index in [-0.39, 0.29) is 16.4 Å². The molecule has 0 saturated carbocycles. The number of hydrogen-bond acceptors (Lipinski definition) is 6. The second-order valence-corrected chi connectivity index (χ2v) is 6.62. The average molecular weight is 401 g/mol. The molecule has 2 heterocycles. The minimum absolute atomic E-state index is 0.0217. The van der Waals surface area contributed by atoms with Crippen molar-refractivity contribution in [3.05, 3.63) is 36.2 Å². The quantitative estimate of drug-likeness (QED) is 0.683. The van der Waals surface area contributed by atoms with E-state index in [0.717, 1.165) is 12.1 Å². The summed E-state index contributed by atoms with van der Waals surface area (Å²) in [7, 11) is 1.27. The van der Waals surface area contributed by atoms with Crippen LogP contribution in [0.5, 0.6) is 17.2 Å². The van der Waals surface area contributed by atoms with E-state index in [0.29, 0.717) is 22.7 Å². The summed E-state index contributed by atoms with van der Waals surface area (Å²) in [6.45, 7) is 0. The Morgan fingerprint density at radius 3 is 2.63 bits per heavy atom. The van der Waals surface area contributed by atoms with Gasteiger partial charge in [-0.05, 0) is 12.1 Å². The molecule has 0 aliphatic carbocycles. The molecule has 0 spiro atoms. The molecule has 144 valence electrons. The number of aromatic amines is 1. The maximum absolute atomic E-state index is 12.6. The van der Waals surface area contributed by atoms with Crippen molar-refractivity contribution < 1.29 is 31.6 Å². The summed E-state index contributed by atoms with van der Waals surface area (Å²) in [6.07, 6.45) is -3.30. The Labute approximate surface area is 153 Å². The first kappa shape index (κ1) is 19.0. The first-order chi connectivity index (χ1) is 12.8. The number of ether oxygens (including phenoxy) is 3. The van der Waals surface area contributed by atoms with Crippen molar-refractivity contribution in [3.8, 4) is 17.2 Å². The minimum atomic E-state index is -4.80. The molecule has 0 aliphatic rings. The molecule has 0 aliphatic heterocycles. The number of methoxy groups -OCH3 is 2. The van der Waals surface area contributed by atoms with Crippen LogP contribution in [0.25, 0.3) is 11.0 Å². The van der Waals surface area contributed by atoms with E-state index in [1.165, 1.54) is 26.5 Å². The van der Waals surface area contributed by atoms with Crippen molar-refractivity contribution in [1.82, 2.24) is 15.0 Å². The number of nitrogens with zero attached hydrogens (tertiary/aromatic N) is 2. The van der Waals surface area contributed by atoms with Gasteiger partial charge in [0.2, 0.25) is 0 Å². The second kappa shape index (κ2) is 7.43. The molecule has 0 saturated heterocycles. The second-order valence-electron chi connectivity index (χ2n) is 5.25. The van der Waals surface area contributed by atoms with Crippen LogP contribution in [0.1, 0.15) is 5.69 Å². The predicted molar refractivity (Wildman–Crippen MR) is 90.2 cm³/mol. The number of alkyl halides is 3. The van der Waals surface area contributed by atoms with Gasteiger partial charge in [-0.1, -0.05) is 0 Å². The number of fused-ring (bicyclic) bond motifs is 1. The van der Waals surface area contributed by atoms with Crippen LogP contribution in [-0.2, 0) is 16.6 Å². The molecular weight excluding hydrogens is 387 g/mol. The molecule has 0 bridgehead atoms. The van der Waals surface area contributed by atoms with Crippen molar-refractivity contribution in [3.63, 3.8) is 0 Å². The van der Waals surface area contributed by atoms with E-state index in [1.807, 2.05) is 0 Å². The third-order valence-electron chi connectivity index (χ3n) is 3.51. The molecule has 3 rings (SSSR count). The standard InChI is InChI=1S/C16H14F3N3O4S/c1-24-13-5-6-20-12(14(13)25-2)8-27(23)15-21-10-4-3-9(7-11(10)22-15)26-16(17,18)19/h3-7H,8H2,1-2H3,(H,21,22). The summed E-state index contributed by atoms with van der Waals surface area (Å²) < 4.78 is 63.9. The highest BCUT2D eigenvalue weighted by atomic mass is 32.2. The van der Waals surface area contributed by atoms with Crippen molar-refractivity contribution >= 4 is 21.8 Å². The van der Waals surface area contributed by atoms with Gasteiger partial charge in [-0.2, -0.15) is 0 Å². The molecule has 1 N–H and O–H groups in total. The highest BCUT2D eigenvalue weighted by molar-refractivity contribution is 7.84. The lowest BCUT2D eigenvalue weighted by Gasteiger charge is -2.10. The van der Waals surface area contributed by atoms with E-state index >= 15 is 0 Å². The monoisotopic (exact) mass is 401 g/mol. The summed E-state index contributed by atoms with van der Waals surface area (Å²) >= 11 is 0. The maximum Gasteiger partial charge on any atom is 0.573 e. The highest BCUT2D eigenvalue weighted by Gasteiger charge is 2.31. The molecule has 0 radical (unpaired) electrons. The van der Waals surface area contributed by atoms with Gasteiger partial charge in [0.15, 0.2) is 16.7 Å². The highest BCUT2D eigenvalue weighted by Crippen LogP contribution is 2.31. The fraction of sp³-hybridized carbons (Fsp3) is 0.250. The molecule has 11 heteroatoms. The molecule has 27 heavy (non-hydrogen) atoms. The van der Waals surface area contributed by atoms with E-state index in [2.05, 4.69) is 19.7 Å². The van der Waals surface area contributed by atoms with E-state index in [4.69, 9.17) is 9.47 Å². The van der Waals surface area contributed by atoms with E-state index in [1.54, 1.807) is 6.07 Å². The number of aromatic nitrogens is 3. The average Bonchev–Trinajstić information content (AvgIpc) is 3.03. The summed E-state index contributed by atoms with van der Waals surface area (Å²) in [5.74, 6) is 0.377. The fourth-order valence-corrected chi connectivity index (χ4v) is 3.43. The zero-order valence-corrected chi connectivity index (χ0v) is 15.0. The van der Waals surface area contributed by atoms with Crippen LogP contribution in [0.15, 0.2) is 35.6 Å². The van der Waals surface area contributed by atoms with E-state index in [9.17, 15) is 17.4 Å². The Bertz CT molecular complexity index is 991. The van der Waals surface area contributed by atoms with Gasteiger partial charge in [0.05, 0.1) is 47.5 Å². The zero-order chi connectivity index (χ0) is 19.6. The van der Waals surface area contributed by atoms with Crippen LogP contribution in [0.3, 0.4) is 0 Å². The van der Waals surface area contributed by atoms with Gasteiger partial charge in [-0.3, -0.25) is 9.19 Å². The number of benzene rings is 1.